The molecule has 0 radical (unpaired) electrons. The summed E-state index contributed by atoms with van der Waals surface area (Å²) in [6.07, 6.45) is 0. The number of ether oxygens (including phenoxy) is 1. The first-order valence-electron chi connectivity index (χ1n) is 9.48. The number of thioether (sulfide) groups is 1. The number of rotatable bonds is 7. The number of hydrogen-bond acceptors (Lipinski definition) is 5. The summed E-state index contributed by atoms with van der Waals surface area (Å²) in [4.78, 5) is 21.5. The molecule has 6 heteroatoms. The van der Waals surface area contributed by atoms with Crippen LogP contribution in [0, 0.1) is 20.8 Å². The maximum atomic E-state index is 12.5. The van der Waals surface area contributed by atoms with Crippen molar-refractivity contribution >= 4 is 23.4 Å². The number of carbonyl (C=O) groups is 1. The third kappa shape index (κ3) is 5.81. The fourth-order valence-electron chi connectivity index (χ4n) is 2.63. The monoisotopic (exact) mass is 407 g/mol. The van der Waals surface area contributed by atoms with E-state index in [2.05, 4.69) is 15.3 Å². The molecule has 1 N–H and O–H groups in total. The fourth-order valence-corrected chi connectivity index (χ4v) is 3.49. The van der Waals surface area contributed by atoms with Crippen LogP contribution in [-0.4, -0.2) is 21.1 Å². The van der Waals surface area contributed by atoms with Crippen LogP contribution < -0.4 is 10.1 Å². The molecular formula is C23H25N3O2S. The highest BCUT2D eigenvalue weighted by Crippen LogP contribution is 2.23. The summed E-state index contributed by atoms with van der Waals surface area (Å²) >= 11 is 1.36. The van der Waals surface area contributed by atoms with E-state index in [0.717, 1.165) is 34.0 Å². The third-order valence-corrected chi connectivity index (χ3v) is 5.59. The Hall–Kier alpha value is -2.86. The van der Waals surface area contributed by atoms with Crippen molar-refractivity contribution in [1.29, 1.82) is 0 Å². The quantitative estimate of drug-likeness (QED) is 0.436. The van der Waals surface area contributed by atoms with Crippen LogP contribution in [0.3, 0.4) is 0 Å². The molecule has 2 aromatic carbocycles. The number of anilines is 1. The second kappa shape index (κ2) is 9.56. The molecule has 0 fully saturated rings. The van der Waals surface area contributed by atoms with E-state index in [1.54, 1.807) is 0 Å². The molecule has 0 spiro atoms. The number of nitrogens with zero attached hydrogens (tertiary/aromatic N) is 2. The van der Waals surface area contributed by atoms with Crippen LogP contribution in [0.1, 0.15) is 29.4 Å². The van der Waals surface area contributed by atoms with Gasteiger partial charge in [0.05, 0.1) is 5.25 Å². The van der Waals surface area contributed by atoms with E-state index in [1.807, 2.05) is 82.3 Å². The molecule has 5 nitrogen and oxygen atoms in total. The lowest BCUT2D eigenvalue weighted by Crippen LogP contribution is -2.22. The summed E-state index contributed by atoms with van der Waals surface area (Å²) in [6, 6.07) is 17.4. The average Bonchev–Trinajstić information content (AvgIpc) is 2.72. The predicted octanol–water partition coefficient (Wildman–Crippen LogP) is 5.10. The molecule has 0 aliphatic carbocycles. The van der Waals surface area contributed by atoms with Crippen molar-refractivity contribution in [3.05, 3.63) is 77.1 Å². The number of carbonyl (C=O) groups excluding carboxylic acids is 1. The highest BCUT2D eigenvalue weighted by molar-refractivity contribution is 8.00. The Morgan fingerprint density at radius 3 is 2.24 bits per heavy atom. The summed E-state index contributed by atoms with van der Waals surface area (Å²) in [7, 11) is 0. The smallest absolute Gasteiger partial charge is 0.237 e. The molecule has 1 amide bonds. The molecule has 3 aromatic rings. The van der Waals surface area contributed by atoms with Crippen molar-refractivity contribution in [2.24, 2.45) is 0 Å². The largest absolute Gasteiger partial charge is 0.489 e. The summed E-state index contributed by atoms with van der Waals surface area (Å²) in [5.41, 5.74) is 4.81. The van der Waals surface area contributed by atoms with Gasteiger partial charge in [0, 0.05) is 17.1 Å². The summed E-state index contributed by atoms with van der Waals surface area (Å²) in [6.45, 7) is 8.28. The van der Waals surface area contributed by atoms with Gasteiger partial charge in [-0.25, -0.2) is 9.97 Å². The highest BCUT2D eigenvalue weighted by atomic mass is 32.2. The van der Waals surface area contributed by atoms with Crippen molar-refractivity contribution in [3.63, 3.8) is 0 Å². The Morgan fingerprint density at radius 2 is 1.62 bits per heavy atom. The molecule has 0 saturated carbocycles. The van der Waals surface area contributed by atoms with Crippen LogP contribution in [0.2, 0.25) is 0 Å². The summed E-state index contributed by atoms with van der Waals surface area (Å²) in [5.74, 6) is 0.667. The predicted molar refractivity (Wildman–Crippen MR) is 117 cm³/mol. The van der Waals surface area contributed by atoms with E-state index >= 15 is 0 Å². The van der Waals surface area contributed by atoms with Crippen LogP contribution in [-0.2, 0) is 11.4 Å². The minimum absolute atomic E-state index is 0.0903. The van der Waals surface area contributed by atoms with E-state index in [9.17, 15) is 4.79 Å². The minimum Gasteiger partial charge on any atom is -0.489 e. The van der Waals surface area contributed by atoms with Crippen LogP contribution in [0.4, 0.5) is 5.69 Å². The summed E-state index contributed by atoms with van der Waals surface area (Å²) in [5, 5.41) is 3.24. The number of benzene rings is 2. The molecule has 0 saturated heterocycles. The van der Waals surface area contributed by atoms with Gasteiger partial charge in [-0.15, -0.1) is 0 Å². The molecule has 150 valence electrons. The lowest BCUT2D eigenvalue weighted by molar-refractivity contribution is -0.115. The minimum atomic E-state index is -0.314. The maximum absolute atomic E-state index is 12.5. The molecule has 1 atom stereocenters. The summed E-state index contributed by atoms with van der Waals surface area (Å²) < 4.78 is 5.78. The van der Waals surface area contributed by atoms with Crippen molar-refractivity contribution in [2.45, 2.75) is 44.7 Å². The highest BCUT2D eigenvalue weighted by Gasteiger charge is 2.17. The van der Waals surface area contributed by atoms with E-state index in [4.69, 9.17) is 4.74 Å². The molecule has 0 bridgehead atoms. The molecule has 29 heavy (non-hydrogen) atoms. The van der Waals surface area contributed by atoms with Crippen molar-refractivity contribution < 1.29 is 9.53 Å². The number of hydrogen-bond donors (Lipinski definition) is 1. The maximum Gasteiger partial charge on any atom is 0.237 e. The standard InChI is InChI=1S/C23H25N3O2S/c1-15-16(2)24-23(25-17(15)3)29-18(4)22(27)26-20-10-12-21(13-11-20)28-14-19-8-6-5-7-9-19/h5-13,18H,14H2,1-4H3,(H,26,27)/t18-/m0/s1. The van der Waals surface area contributed by atoms with Gasteiger partial charge in [-0.1, -0.05) is 42.1 Å². The van der Waals surface area contributed by atoms with Gasteiger partial charge < -0.3 is 10.1 Å². The number of amides is 1. The molecule has 1 aromatic heterocycles. The normalized spacial score (nSPS) is 11.7. The zero-order chi connectivity index (χ0) is 20.8. The SMILES string of the molecule is Cc1nc(S[C@@H](C)C(=O)Nc2ccc(OCc3ccccc3)cc2)nc(C)c1C. The zero-order valence-electron chi connectivity index (χ0n) is 17.1. The van der Waals surface area contributed by atoms with Crippen molar-refractivity contribution in [3.8, 4) is 5.75 Å². The Bertz CT molecular complexity index is 952. The number of aryl methyl sites for hydroxylation is 2. The van der Waals surface area contributed by atoms with E-state index in [0.29, 0.717) is 11.8 Å². The van der Waals surface area contributed by atoms with Crippen molar-refractivity contribution in [2.75, 3.05) is 5.32 Å². The first-order valence-corrected chi connectivity index (χ1v) is 10.4. The molecule has 0 unspecified atom stereocenters. The average molecular weight is 408 g/mol. The lowest BCUT2D eigenvalue weighted by Gasteiger charge is -2.13. The Labute approximate surface area is 175 Å². The van der Waals surface area contributed by atoms with Gasteiger partial charge in [-0.3, -0.25) is 4.79 Å². The van der Waals surface area contributed by atoms with Crippen LogP contribution in [0.5, 0.6) is 5.75 Å². The third-order valence-electron chi connectivity index (χ3n) is 4.63. The van der Waals surface area contributed by atoms with E-state index < -0.39 is 0 Å². The Kier molecular flexibility index (Phi) is 6.88. The van der Waals surface area contributed by atoms with Gasteiger partial charge in [0.25, 0.3) is 0 Å². The van der Waals surface area contributed by atoms with E-state index in [-0.39, 0.29) is 11.2 Å². The fraction of sp³-hybridized carbons (Fsp3) is 0.261. The zero-order valence-corrected chi connectivity index (χ0v) is 17.9. The second-order valence-corrected chi connectivity index (χ2v) is 8.16. The van der Waals surface area contributed by atoms with Crippen LogP contribution >= 0.6 is 11.8 Å². The molecule has 1 heterocycles. The van der Waals surface area contributed by atoms with Gasteiger partial charge in [0.2, 0.25) is 5.91 Å². The first-order chi connectivity index (χ1) is 13.9. The van der Waals surface area contributed by atoms with Gasteiger partial charge in [0.15, 0.2) is 5.16 Å². The van der Waals surface area contributed by atoms with Gasteiger partial charge in [-0.05, 0) is 63.1 Å². The number of nitrogens with one attached hydrogen (secondary N) is 1. The molecule has 0 aliphatic heterocycles. The van der Waals surface area contributed by atoms with E-state index in [1.165, 1.54) is 11.8 Å². The molecule has 3 rings (SSSR count). The van der Waals surface area contributed by atoms with Crippen LogP contribution in [0.15, 0.2) is 59.8 Å². The molecule has 0 aliphatic rings. The van der Waals surface area contributed by atoms with Crippen LogP contribution in [0.25, 0.3) is 0 Å². The Morgan fingerprint density at radius 1 is 1.00 bits per heavy atom. The lowest BCUT2D eigenvalue weighted by atomic mass is 10.2. The van der Waals surface area contributed by atoms with Crippen molar-refractivity contribution in [1.82, 2.24) is 9.97 Å². The Balaban J connectivity index is 1.54. The van der Waals surface area contributed by atoms with Gasteiger partial charge in [-0.2, -0.15) is 0 Å². The van der Waals surface area contributed by atoms with Gasteiger partial charge >= 0.3 is 0 Å². The topological polar surface area (TPSA) is 64.1 Å². The molecular weight excluding hydrogens is 382 g/mol. The number of aromatic nitrogens is 2. The van der Waals surface area contributed by atoms with Gasteiger partial charge in [0.1, 0.15) is 12.4 Å². The second-order valence-electron chi connectivity index (χ2n) is 6.85. The first kappa shape index (κ1) is 20.9.